The monoisotopic (exact) mass is 404 g/mol. The molecule has 2 rings (SSSR count). The number of halogens is 7. The Morgan fingerprint density at radius 3 is 2.35 bits per heavy atom. The Morgan fingerprint density at radius 2 is 1.87 bits per heavy atom. The van der Waals surface area contributed by atoms with Crippen LogP contribution in [0.25, 0.3) is 0 Å². The van der Waals surface area contributed by atoms with E-state index in [2.05, 4.69) is 21.0 Å². The molecule has 0 radical (unpaired) electrons. The average molecular weight is 405 g/mol. The van der Waals surface area contributed by atoms with E-state index in [0.29, 0.717) is 4.47 Å². The predicted molar refractivity (Wildman–Crippen MR) is 69.4 cm³/mol. The van der Waals surface area contributed by atoms with Crippen LogP contribution < -0.4 is 0 Å². The Morgan fingerprint density at radius 1 is 1.26 bits per heavy atom. The van der Waals surface area contributed by atoms with Gasteiger partial charge in [-0.1, -0.05) is 22.0 Å². The Balaban J connectivity index is 2.50. The lowest BCUT2D eigenvalue weighted by Crippen LogP contribution is -2.56. The molecule has 126 valence electrons. The highest BCUT2D eigenvalue weighted by Gasteiger charge is 2.66. The second-order valence-corrected chi connectivity index (χ2v) is 5.58. The van der Waals surface area contributed by atoms with E-state index in [-0.39, 0.29) is 5.56 Å². The molecule has 0 saturated carbocycles. The number of carbonyl (C=O) groups excluding carboxylic acids is 1. The lowest BCUT2D eigenvalue weighted by molar-refractivity contribution is -0.297. The van der Waals surface area contributed by atoms with Crippen molar-refractivity contribution in [3.05, 3.63) is 34.3 Å². The fourth-order valence-corrected chi connectivity index (χ4v) is 2.28. The number of aliphatic hydroxyl groups is 1. The van der Waals surface area contributed by atoms with Gasteiger partial charge >= 0.3 is 12.4 Å². The molecule has 0 aromatic heterocycles. The largest absolute Gasteiger partial charge is 0.438 e. The zero-order valence-corrected chi connectivity index (χ0v) is 12.5. The third-order valence-corrected chi connectivity index (χ3v) is 3.52. The Labute approximate surface area is 133 Å². The molecule has 11 heteroatoms. The first-order valence-electron chi connectivity index (χ1n) is 5.90. The van der Waals surface area contributed by atoms with Gasteiger partial charge in [0.15, 0.2) is 0 Å². The topological polar surface area (TPSA) is 52.9 Å². The summed E-state index contributed by atoms with van der Waals surface area (Å²) < 4.78 is 77.3. The highest BCUT2D eigenvalue weighted by molar-refractivity contribution is 9.10. The standard InChI is InChI=1S/C12H7BrF6N2O2/c13-7-3-1-2-6(4-7)9(22)21-10(23,12(17,18)19)5-8(20-21)11(14,15)16/h1-4,23H,5H2/t10-/m1/s1. The molecule has 1 atom stereocenters. The Kier molecular flexibility index (Phi) is 4.22. The van der Waals surface area contributed by atoms with Crippen LogP contribution in [0.15, 0.2) is 33.8 Å². The summed E-state index contributed by atoms with van der Waals surface area (Å²) in [5.41, 5.74) is -6.31. The minimum atomic E-state index is -5.52. The van der Waals surface area contributed by atoms with Crippen molar-refractivity contribution >= 4 is 27.5 Å². The summed E-state index contributed by atoms with van der Waals surface area (Å²) in [7, 11) is 0. The lowest BCUT2D eigenvalue weighted by Gasteiger charge is -2.32. The second-order valence-electron chi connectivity index (χ2n) is 4.66. The summed E-state index contributed by atoms with van der Waals surface area (Å²) >= 11 is 2.98. The average Bonchev–Trinajstić information content (AvgIpc) is 2.77. The van der Waals surface area contributed by atoms with Gasteiger partial charge in [-0.2, -0.15) is 36.5 Å². The van der Waals surface area contributed by atoms with Gasteiger partial charge in [-0.3, -0.25) is 4.79 Å². The minimum absolute atomic E-state index is 0.318. The van der Waals surface area contributed by atoms with E-state index in [1.165, 1.54) is 12.1 Å². The van der Waals surface area contributed by atoms with Gasteiger partial charge < -0.3 is 5.11 Å². The first-order valence-corrected chi connectivity index (χ1v) is 6.69. The van der Waals surface area contributed by atoms with E-state index < -0.39 is 41.1 Å². The van der Waals surface area contributed by atoms with Crippen molar-refractivity contribution in [2.75, 3.05) is 0 Å². The van der Waals surface area contributed by atoms with Gasteiger partial charge in [-0.05, 0) is 18.2 Å². The van der Waals surface area contributed by atoms with Crippen LogP contribution in [0.2, 0.25) is 0 Å². The number of nitrogens with zero attached hydrogens (tertiary/aromatic N) is 2. The normalized spacial score (nSPS) is 22.3. The molecule has 1 aromatic carbocycles. The molecule has 0 saturated heterocycles. The molecular formula is C12H7BrF6N2O2. The summed E-state index contributed by atoms with van der Waals surface area (Å²) in [6.45, 7) is 0. The van der Waals surface area contributed by atoms with Crippen molar-refractivity contribution in [3.8, 4) is 0 Å². The van der Waals surface area contributed by atoms with Crippen LogP contribution in [0.4, 0.5) is 26.3 Å². The zero-order valence-electron chi connectivity index (χ0n) is 10.9. The molecular weight excluding hydrogens is 398 g/mol. The van der Waals surface area contributed by atoms with Gasteiger partial charge in [0.1, 0.15) is 5.71 Å². The van der Waals surface area contributed by atoms with Crippen LogP contribution in [-0.2, 0) is 0 Å². The van der Waals surface area contributed by atoms with E-state index in [0.717, 1.165) is 12.1 Å². The van der Waals surface area contributed by atoms with Gasteiger partial charge in [-0.25, -0.2) is 0 Å². The summed E-state index contributed by atoms with van der Waals surface area (Å²) in [5.74, 6) is -1.51. The molecule has 4 nitrogen and oxygen atoms in total. The minimum Gasteiger partial charge on any atom is -0.362 e. The fourth-order valence-electron chi connectivity index (χ4n) is 1.88. The number of alkyl halides is 6. The summed E-state index contributed by atoms with van der Waals surface area (Å²) in [6.07, 6.45) is -12.6. The Hall–Kier alpha value is -1.62. The smallest absolute Gasteiger partial charge is 0.362 e. The number of carbonyl (C=O) groups is 1. The van der Waals surface area contributed by atoms with Crippen LogP contribution in [0.1, 0.15) is 16.8 Å². The molecule has 1 heterocycles. The first kappa shape index (κ1) is 17.7. The maximum Gasteiger partial charge on any atom is 0.438 e. The van der Waals surface area contributed by atoms with Crippen LogP contribution in [0.3, 0.4) is 0 Å². The summed E-state index contributed by atoms with van der Waals surface area (Å²) in [4.78, 5) is 12.1. The zero-order chi connectivity index (χ0) is 17.6. The molecule has 0 aliphatic carbocycles. The number of hydrazone groups is 1. The van der Waals surface area contributed by atoms with Crippen molar-refractivity contribution < 1.29 is 36.2 Å². The number of rotatable bonds is 1. The van der Waals surface area contributed by atoms with Crippen LogP contribution in [-0.4, -0.2) is 39.8 Å². The number of hydrogen-bond donors (Lipinski definition) is 1. The van der Waals surface area contributed by atoms with Gasteiger partial charge in [0.2, 0.25) is 0 Å². The second kappa shape index (κ2) is 5.48. The number of hydrogen-bond acceptors (Lipinski definition) is 3. The molecule has 0 spiro atoms. The molecule has 0 bridgehead atoms. The third-order valence-electron chi connectivity index (χ3n) is 3.03. The van der Waals surface area contributed by atoms with E-state index >= 15 is 0 Å². The number of amides is 1. The molecule has 1 amide bonds. The Bertz CT molecular complexity index is 672. The molecule has 1 aliphatic rings. The van der Waals surface area contributed by atoms with Crippen molar-refractivity contribution in [3.63, 3.8) is 0 Å². The molecule has 0 fully saturated rings. The highest BCUT2D eigenvalue weighted by atomic mass is 79.9. The lowest BCUT2D eigenvalue weighted by atomic mass is 10.1. The van der Waals surface area contributed by atoms with E-state index in [1.54, 1.807) is 0 Å². The molecule has 1 aliphatic heterocycles. The van der Waals surface area contributed by atoms with Gasteiger partial charge in [-0.15, -0.1) is 0 Å². The van der Waals surface area contributed by atoms with Crippen molar-refractivity contribution in [2.45, 2.75) is 24.5 Å². The van der Waals surface area contributed by atoms with Crippen molar-refractivity contribution in [2.24, 2.45) is 5.10 Å². The molecule has 1 aromatic rings. The van der Waals surface area contributed by atoms with E-state index in [9.17, 15) is 36.2 Å². The SMILES string of the molecule is O=C(c1cccc(Br)c1)N1N=C(C(F)(F)F)C[C@@]1(O)C(F)(F)F. The molecule has 1 N–H and O–H groups in total. The highest BCUT2D eigenvalue weighted by Crippen LogP contribution is 2.43. The molecule has 0 unspecified atom stereocenters. The van der Waals surface area contributed by atoms with Crippen LogP contribution in [0, 0.1) is 0 Å². The quantitative estimate of drug-likeness (QED) is 0.728. The number of benzene rings is 1. The van der Waals surface area contributed by atoms with Crippen molar-refractivity contribution in [1.29, 1.82) is 0 Å². The van der Waals surface area contributed by atoms with Gasteiger partial charge in [0, 0.05) is 10.0 Å². The third kappa shape index (κ3) is 3.20. The van der Waals surface area contributed by atoms with E-state index in [4.69, 9.17) is 0 Å². The van der Waals surface area contributed by atoms with Gasteiger partial charge in [0.25, 0.3) is 11.6 Å². The summed E-state index contributed by atoms with van der Waals surface area (Å²) in [5, 5.41) is 11.8. The maximum atomic E-state index is 13.0. The maximum absolute atomic E-state index is 13.0. The summed E-state index contributed by atoms with van der Waals surface area (Å²) in [6, 6.07) is 4.95. The first-order chi connectivity index (χ1) is 10.4. The van der Waals surface area contributed by atoms with Gasteiger partial charge in [0.05, 0.1) is 6.42 Å². The predicted octanol–water partition coefficient (Wildman–Crippen LogP) is 3.46. The van der Waals surface area contributed by atoms with Crippen LogP contribution in [0.5, 0.6) is 0 Å². The van der Waals surface area contributed by atoms with Crippen LogP contribution >= 0.6 is 15.9 Å². The fraction of sp³-hybridized carbons (Fsp3) is 0.333. The molecule has 23 heavy (non-hydrogen) atoms. The van der Waals surface area contributed by atoms with Crippen molar-refractivity contribution in [1.82, 2.24) is 5.01 Å². The van der Waals surface area contributed by atoms with E-state index in [1.807, 2.05) is 0 Å².